The van der Waals surface area contributed by atoms with E-state index in [2.05, 4.69) is 38.0 Å². The lowest BCUT2D eigenvalue weighted by atomic mass is 9.77. The van der Waals surface area contributed by atoms with Crippen molar-refractivity contribution in [2.24, 2.45) is 17.6 Å². The van der Waals surface area contributed by atoms with Crippen LogP contribution in [-0.2, 0) is 4.79 Å². The number of nitrogens with two attached hydrogens (primary N) is 1. The predicted molar refractivity (Wildman–Crippen MR) is 84.5 cm³/mol. The van der Waals surface area contributed by atoms with Gasteiger partial charge in [-0.3, -0.25) is 4.79 Å². The Hall–Kier alpha value is -0.610. The summed E-state index contributed by atoms with van der Waals surface area (Å²) in [6, 6.07) is 0.786. The molecule has 1 fully saturated rings. The van der Waals surface area contributed by atoms with Crippen molar-refractivity contribution in [3.8, 4) is 0 Å². The molecular formula is C16H33N3O. The van der Waals surface area contributed by atoms with Crippen LogP contribution in [0.15, 0.2) is 0 Å². The van der Waals surface area contributed by atoms with E-state index in [1.54, 1.807) is 0 Å². The maximum atomic E-state index is 12.2. The lowest BCUT2D eigenvalue weighted by Gasteiger charge is -2.32. The summed E-state index contributed by atoms with van der Waals surface area (Å²) in [5.74, 6) is 0.651. The van der Waals surface area contributed by atoms with Crippen LogP contribution < -0.4 is 11.1 Å². The molecular weight excluding hydrogens is 250 g/mol. The van der Waals surface area contributed by atoms with Gasteiger partial charge in [-0.1, -0.05) is 13.3 Å². The maximum Gasteiger partial charge on any atom is 0.223 e. The monoisotopic (exact) mass is 283 g/mol. The SMILES string of the molecule is CC1C(N)CCCC1C(=O)NCCCCN(C)C(C)C. The van der Waals surface area contributed by atoms with Crippen molar-refractivity contribution in [1.29, 1.82) is 0 Å². The van der Waals surface area contributed by atoms with Gasteiger partial charge in [0, 0.05) is 24.5 Å². The van der Waals surface area contributed by atoms with E-state index in [4.69, 9.17) is 5.73 Å². The third-order valence-electron chi connectivity index (χ3n) is 4.82. The predicted octanol–water partition coefficient (Wildman–Crippen LogP) is 1.99. The number of nitrogens with zero attached hydrogens (tertiary/aromatic N) is 1. The molecule has 0 radical (unpaired) electrons. The molecule has 0 saturated heterocycles. The van der Waals surface area contributed by atoms with E-state index in [0.29, 0.717) is 12.0 Å². The molecule has 1 aliphatic rings. The van der Waals surface area contributed by atoms with E-state index < -0.39 is 0 Å². The van der Waals surface area contributed by atoms with Gasteiger partial charge >= 0.3 is 0 Å². The van der Waals surface area contributed by atoms with Crippen molar-refractivity contribution >= 4 is 5.91 Å². The molecule has 4 nitrogen and oxygen atoms in total. The second-order valence-corrected chi connectivity index (χ2v) is 6.63. The van der Waals surface area contributed by atoms with Gasteiger partial charge in [-0.25, -0.2) is 0 Å². The van der Waals surface area contributed by atoms with Crippen molar-refractivity contribution in [3.05, 3.63) is 0 Å². The fourth-order valence-electron chi connectivity index (χ4n) is 2.85. The van der Waals surface area contributed by atoms with Gasteiger partial charge in [0.2, 0.25) is 5.91 Å². The van der Waals surface area contributed by atoms with Crippen LogP contribution in [0.5, 0.6) is 0 Å². The molecule has 118 valence electrons. The van der Waals surface area contributed by atoms with Crippen LogP contribution in [0.4, 0.5) is 0 Å². The molecule has 4 heteroatoms. The van der Waals surface area contributed by atoms with Crippen molar-refractivity contribution in [1.82, 2.24) is 10.2 Å². The van der Waals surface area contributed by atoms with E-state index in [9.17, 15) is 4.79 Å². The third-order valence-corrected chi connectivity index (χ3v) is 4.82. The van der Waals surface area contributed by atoms with E-state index in [0.717, 1.165) is 45.2 Å². The topological polar surface area (TPSA) is 58.4 Å². The molecule has 3 N–H and O–H groups in total. The van der Waals surface area contributed by atoms with Crippen LogP contribution in [0.1, 0.15) is 52.9 Å². The zero-order chi connectivity index (χ0) is 15.1. The van der Waals surface area contributed by atoms with Gasteiger partial charge in [-0.05, 0) is 59.0 Å². The fourth-order valence-corrected chi connectivity index (χ4v) is 2.85. The molecule has 3 atom stereocenters. The largest absolute Gasteiger partial charge is 0.356 e. The van der Waals surface area contributed by atoms with Gasteiger partial charge in [-0.15, -0.1) is 0 Å². The first-order chi connectivity index (χ1) is 9.43. The highest BCUT2D eigenvalue weighted by Crippen LogP contribution is 2.28. The number of amides is 1. The van der Waals surface area contributed by atoms with Gasteiger partial charge in [0.25, 0.3) is 0 Å². The van der Waals surface area contributed by atoms with Crippen LogP contribution in [0, 0.1) is 11.8 Å². The van der Waals surface area contributed by atoms with Crippen molar-refractivity contribution in [2.75, 3.05) is 20.1 Å². The number of hydrogen-bond donors (Lipinski definition) is 2. The molecule has 0 aromatic heterocycles. The summed E-state index contributed by atoms with van der Waals surface area (Å²) < 4.78 is 0. The molecule has 0 heterocycles. The van der Waals surface area contributed by atoms with Crippen LogP contribution in [0.25, 0.3) is 0 Å². The lowest BCUT2D eigenvalue weighted by Crippen LogP contribution is -2.44. The normalized spacial score (nSPS) is 27.1. The molecule has 1 amide bonds. The van der Waals surface area contributed by atoms with Crippen LogP contribution >= 0.6 is 0 Å². The molecule has 1 rings (SSSR count). The van der Waals surface area contributed by atoms with Crippen molar-refractivity contribution < 1.29 is 4.79 Å². The minimum absolute atomic E-state index is 0.122. The van der Waals surface area contributed by atoms with Crippen molar-refractivity contribution in [2.45, 2.75) is 65.0 Å². The summed E-state index contributed by atoms with van der Waals surface area (Å²) in [4.78, 5) is 14.5. The highest BCUT2D eigenvalue weighted by Gasteiger charge is 2.32. The van der Waals surface area contributed by atoms with E-state index in [1.807, 2.05) is 0 Å². The Morgan fingerprint density at radius 1 is 1.35 bits per heavy atom. The summed E-state index contributed by atoms with van der Waals surface area (Å²) >= 11 is 0. The number of hydrogen-bond acceptors (Lipinski definition) is 3. The van der Waals surface area contributed by atoms with Gasteiger partial charge in [-0.2, -0.15) is 0 Å². The number of rotatable bonds is 7. The highest BCUT2D eigenvalue weighted by atomic mass is 16.1. The summed E-state index contributed by atoms with van der Waals surface area (Å²) in [6.45, 7) is 8.41. The lowest BCUT2D eigenvalue weighted by molar-refractivity contribution is -0.127. The standard InChI is InChI=1S/C16H33N3O/c1-12(2)19(4)11-6-5-10-18-16(20)14-8-7-9-15(17)13(14)3/h12-15H,5-11,17H2,1-4H3,(H,18,20). The molecule has 0 bridgehead atoms. The number of carbonyl (C=O) groups is 1. The van der Waals surface area contributed by atoms with Gasteiger partial charge in [0.15, 0.2) is 0 Å². The average molecular weight is 283 g/mol. The minimum atomic E-state index is 0.122. The Balaban J connectivity index is 2.17. The van der Waals surface area contributed by atoms with E-state index in [-0.39, 0.29) is 17.9 Å². The first-order valence-electron chi connectivity index (χ1n) is 8.17. The summed E-state index contributed by atoms with van der Waals surface area (Å²) in [5, 5.41) is 3.09. The first-order valence-corrected chi connectivity index (χ1v) is 8.17. The third kappa shape index (κ3) is 5.41. The smallest absolute Gasteiger partial charge is 0.223 e. The first kappa shape index (κ1) is 17.4. The molecule has 0 aliphatic heterocycles. The number of nitrogens with one attached hydrogen (secondary N) is 1. The molecule has 0 aromatic carbocycles. The second-order valence-electron chi connectivity index (χ2n) is 6.63. The van der Waals surface area contributed by atoms with Crippen molar-refractivity contribution in [3.63, 3.8) is 0 Å². The Morgan fingerprint density at radius 2 is 2.05 bits per heavy atom. The number of carbonyl (C=O) groups excluding carboxylic acids is 1. The summed E-state index contributed by atoms with van der Waals surface area (Å²) in [5.41, 5.74) is 6.06. The molecule has 1 aliphatic carbocycles. The Bertz CT molecular complexity index is 293. The summed E-state index contributed by atoms with van der Waals surface area (Å²) in [6.07, 6.45) is 5.33. The van der Waals surface area contributed by atoms with Gasteiger partial charge in [0.05, 0.1) is 0 Å². The Morgan fingerprint density at radius 3 is 2.70 bits per heavy atom. The van der Waals surface area contributed by atoms with E-state index in [1.165, 1.54) is 0 Å². The fraction of sp³-hybridized carbons (Fsp3) is 0.938. The maximum absolute atomic E-state index is 12.2. The Kier molecular flexibility index (Phi) is 7.52. The molecule has 0 aromatic rings. The zero-order valence-electron chi connectivity index (χ0n) is 13.7. The van der Waals surface area contributed by atoms with Crippen LogP contribution in [-0.4, -0.2) is 43.0 Å². The quantitative estimate of drug-likeness (QED) is 0.703. The minimum Gasteiger partial charge on any atom is -0.356 e. The zero-order valence-corrected chi connectivity index (χ0v) is 13.7. The number of unbranched alkanes of at least 4 members (excludes halogenated alkanes) is 1. The second kappa shape index (κ2) is 8.63. The molecule has 1 saturated carbocycles. The summed E-state index contributed by atoms with van der Waals surface area (Å²) in [7, 11) is 2.15. The molecule has 3 unspecified atom stereocenters. The van der Waals surface area contributed by atoms with Gasteiger partial charge < -0.3 is 16.0 Å². The van der Waals surface area contributed by atoms with Gasteiger partial charge in [0.1, 0.15) is 0 Å². The average Bonchev–Trinajstić information content (AvgIpc) is 2.40. The van der Waals surface area contributed by atoms with Crippen LogP contribution in [0.2, 0.25) is 0 Å². The molecule has 20 heavy (non-hydrogen) atoms. The molecule has 0 spiro atoms. The Labute approximate surface area is 124 Å². The highest BCUT2D eigenvalue weighted by molar-refractivity contribution is 5.79. The van der Waals surface area contributed by atoms with E-state index >= 15 is 0 Å². The van der Waals surface area contributed by atoms with Crippen LogP contribution in [0.3, 0.4) is 0 Å².